The first-order chi connectivity index (χ1) is 8.36. The van der Waals surface area contributed by atoms with Gasteiger partial charge >= 0.3 is 0 Å². The van der Waals surface area contributed by atoms with Gasteiger partial charge in [0.15, 0.2) is 0 Å². The zero-order valence-electron chi connectivity index (χ0n) is 8.95. The van der Waals surface area contributed by atoms with Crippen LogP contribution in [0.1, 0.15) is 0 Å². The monoisotopic (exact) mass is 226 g/mol. The van der Waals surface area contributed by atoms with E-state index in [9.17, 15) is 4.79 Å². The number of hydrogen-bond acceptors (Lipinski definition) is 4. The smallest absolute Gasteiger partial charge is 0.264 e. The molecule has 0 saturated carbocycles. The van der Waals surface area contributed by atoms with Gasteiger partial charge in [0.2, 0.25) is 0 Å². The maximum Gasteiger partial charge on any atom is 0.264 e. The Morgan fingerprint density at radius 3 is 1.88 bits per heavy atom. The van der Waals surface area contributed by atoms with Gasteiger partial charge in [0.25, 0.3) is 5.56 Å². The summed E-state index contributed by atoms with van der Waals surface area (Å²) in [4.78, 5) is 18.4. The lowest BCUT2D eigenvalue weighted by atomic mass is 10.3. The van der Waals surface area contributed by atoms with E-state index in [0.29, 0.717) is 0 Å². The molecule has 1 N–H and O–H groups in total. The Morgan fingerprint density at radius 2 is 1.47 bits per heavy atom. The molecule has 0 unspecified atom stereocenters. The number of nitrogens with zero attached hydrogens (tertiary/aromatic N) is 3. The quantitative estimate of drug-likeness (QED) is 0.629. The van der Waals surface area contributed by atoms with Crippen molar-refractivity contribution in [3.05, 3.63) is 65.3 Å². The fourth-order valence-corrected chi connectivity index (χ4v) is 1.22. The van der Waals surface area contributed by atoms with Crippen molar-refractivity contribution in [3.8, 4) is 0 Å². The molecular formula is C12H10N4O. The maximum atomic E-state index is 10.2. The summed E-state index contributed by atoms with van der Waals surface area (Å²) < 4.78 is 0. The standard InChI is InChI=1S/C8H6N2.C4H4N2O/c1-2-4-8-7(3-1)9-5-6-10-8;7-4-2-1-3-5-6-4/h1-6H;1-3H,(H,6,7). The summed E-state index contributed by atoms with van der Waals surface area (Å²) in [5.41, 5.74) is 1.73. The van der Waals surface area contributed by atoms with Crippen molar-refractivity contribution < 1.29 is 0 Å². The van der Waals surface area contributed by atoms with Crippen molar-refractivity contribution in [1.29, 1.82) is 0 Å². The average molecular weight is 226 g/mol. The van der Waals surface area contributed by atoms with Crippen molar-refractivity contribution in [2.45, 2.75) is 0 Å². The molecule has 3 rings (SSSR count). The first kappa shape index (κ1) is 10.9. The molecule has 0 aliphatic heterocycles. The van der Waals surface area contributed by atoms with Crippen LogP contribution in [0, 0.1) is 0 Å². The molecule has 0 aliphatic rings. The molecule has 0 amide bonds. The third-order valence-electron chi connectivity index (χ3n) is 1.96. The zero-order chi connectivity index (χ0) is 11.9. The highest BCUT2D eigenvalue weighted by molar-refractivity contribution is 5.72. The van der Waals surface area contributed by atoms with Gasteiger partial charge in [-0.2, -0.15) is 5.10 Å². The molecule has 3 aromatic rings. The topological polar surface area (TPSA) is 71.5 Å². The van der Waals surface area contributed by atoms with Gasteiger partial charge in [0, 0.05) is 24.7 Å². The van der Waals surface area contributed by atoms with Crippen LogP contribution in [0.3, 0.4) is 0 Å². The Bertz CT molecular complexity index is 568. The van der Waals surface area contributed by atoms with E-state index in [-0.39, 0.29) is 5.56 Å². The van der Waals surface area contributed by atoms with Gasteiger partial charge < -0.3 is 0 Å². The molecule has 84 valence electrons. The molecule has 0 spiro atoms. The van der Waals surface area contributed by atoms with Gasteiger partial charge in [0.1, 0.15) is 0 Å². The van der Waals surface area contributed by atoms with Crippen LogP contribution in [-0.2, 0) is 0 Å². The third kappa shape index (κ3) is 3.20. The first-order valence-corrected chi connectivity index (χ1v) is 5.02. The second-order valence-corrected chi connectivity index (χ2v) is 3.16. The van der Waals surface area contributed by atoms with E-state index in [1.165, 1.54) is 12.3 Å². The second kappa shape index (κ2) is 5.50. The number of aromatic nitrogens is 4. The summed E-state index contributed by atoms with van der Waals surface area (Å²) in [6, 6.07) is 10.8. The maximum absolute atomic E-state index is 10.2. The van der Waals surface area contributed by atoms with Crippen LogP contribution in [-0.4, -0.2) is 20.2 Å². The van der Waals surface area contributed by atoms with Crippen molar-refractivity contribution in [2.24, 2.45) is 0 Å². The number of aromatic amines is 1. The van der Waals surface area contributed by atoms with Gasteiger partial charge in [0.05, 0.1) is 11.0 Å². The lowest BCUT2D eigenvalue weighted by Gasteiger charge is -1.90. The van der Waals surface area contributed by atoms with Crippen LogP contribution in [0.4, 0.5) is 0 Å². The van der Waals surface area contributed by atoms with Gasteiger partial charge in [-0.1, -0.05) is 12.1 Å². The van der Waals surface area contributed by atoms with E-state index >= 15 is 0 Å². The molecular weight excluding hydrogens is 216 g/mol. The van der Waals surface area contributed by atoms with Gasteiger partial charge in [-0.05, 0) is 18.2 Å². The number of rotatable bonds is 0. The molecule has 0 fully saturated rings. The van der Waals surface area contributed by atoms with Gasteiger partial charge in [-0.25, -0.2) is 5.10 Å². The van der Waals surface area contributed by atoms with E-state index in [4.69, 9.17) is 0 Å². The van der Waals surface area contributed by atoms with Crippen LogP contribution in [0.2, 0.25) is 0 Å². The van der Waals surface area contributed by atoms with Crippen LogP contribution < -0.4 is 5.56 Å². The summed E-state index contributed by atoms with van der Waals surface area (Å²) in [7, 11) is 0. The highest BCUT2D eigenvalue weighted by atomic mass is 16.1. The normalized spacial score (nSPS) is 9.41. The molecule has 5 heteroatoms. The summed E-state index contributed by atoms with van der Waals surface area (Å²) in [5.74, 6) is 0. The van der Waals surface area contributed by atoms with Crippen molar-refractivity contribution in [2.75, 3.05) is 0 Å². The van der Waals surface area contributed by atoms with E-state index in [0.717, 1.165) is 11.0 Å². The van der Waals surface area contributed by atoms with Crippen LogP contribution >= 0.6 is 0 Å². The predicted molar refractivity (Wildman–Crippen MR) is 64.4 cm³/mol. The predicted octanol–water partition coefficient (Wildman–Crippen LogP) is 1.40. The van der Waals surface area contributed by atoms with Gasteiger partial charge in [-0.3, -0.25) is 14.8 Å². The fraction of sp³-hybridized carbons (Fsp3) is 0. The van der Waals surface area contributed by atoms with E-state index in [1.807, 2.05) is 24.3 Å². The fourth-order valence-electron chi connectivity index (χ4n) is 1.22. The molecule has 0 aliphatic carbocycles. The minimum Gasteiger partial charge on any atom is -0.268 e. The summed E-state index contributed by atoms with van der Waals surface area (Å²) in [6.07, 6.45) is 4.91. The molecule has 2 heterocycles. The van der Waals surface area contributed by atoms with Crippen molar-refractivity contribution in [3.63, 3.8) is 0 Å². The summed E-state index contributed by atoms with van der Waals surface area (Å²) in [6.45, 7) is 0. The largest absolute Gasteiger partial charge is 0.268 e. The lowest BCUT2D eigenvalue weighted by Crippen LogP contribution is -2.02. The number of benzene rings is 1. The second-order valence-electron chi connectivity index (χ2n) is 3.16. The van der Waals surface area contributed by atoms with E-state index < -0.39 is 0 Å². The number of nitrogens with one attached hydrogen (secondary N) is 1. The summed E-state index contributed by atoms with van der Waals surface area (Å²) >= 11 is 0. The minimum absolute atomic E-state index is 0.164. The Kier molecular flexibility index (Phi) is 3.54. The molecule has 0 atom stereocenters. The number of H-pyrrole nitrogens is 1. The third-order valence-corrected chi connectivity index (χ3v) is 1.96. The Labute approximate surface area is 97.2 Å². The van der Waals surface area contributed by atoms with Crippen molar-refractivity contribution >= 4 is 11.0 Å². The minimum atomic E-state index is -0.164. The molecule has 0 bridgehead atoms. The Hall–Kier alpha value is -2.56. The van der Waals surface area contributed by atoms with Crippen LogP contribution in [0.25, 0.3) is 11.0 Å². The highest BCUT2D eigenvalue weighted by Crippen LogP contribution is 2.04. The molecule has 1 aromatic carbocycles. The van der Waals surface area contributed by atoms with Gasteiger partial charge in [-0.15, -0.1) is 0 Å². The Balaban J connectivity index is 0.000000136. The highest BCUT2D eigenvalue weighted by Gasteiger charge is 1.88. The zero-order valence-corrected chi connectivity index (χ0v) is 8.95. The lowest BCUT2D eigenvalue weighted by molar-refractivity contribution is 0.988. The Morgan fingerprint density at radius 1 is 0.824 bits per heavy atom. The van der Waals surface area contributed by atoms with Crippen molar-refractivity contribution in [1.82, 2.24) is 20.2 Å². The van der Waals surface area contributed by atoms with E-state index in [1.54, 1.807) is 18.5 Å². The molecule has 2 aromatic heterocycles. The molecule has 0 radical (unpaired) electrons. The molecule has 0 saturated heterocycles. The number of hydrogen-bond donors (Lipinski definition) is 1. The number of para-hydroxylation sites is 2. The average Bonchev–Trinajstić information content (AvgIpc) is 2.41. The molecule has 5 nitrogen and oxygen atoms in total. The first-order valence-electron chi connectivity index (χ1n) is 5.02. The molecule has 17 heavy (non-hydrogen) atoms. The SMILES string of the molecule is O=c1cccn[nH]1.c1ccc2nccnc2c1. The van der Waals surface area contributed by atoms with Crippen LogP contribution in [0.15, 0.2) is 59.8 Å². The summed E-state index contributed by atoms with van der Waals surface area (Å²) in [5, 5.41) is 5.67. The number of fused-ring (bicyclic) bond motifs is 1. The van der Waals surface area contributed by atoms with E-state index in [2.05, 4.69) is 20.2 Å². The van der Waals surface area contributed by atoms with Crippen LogP contribution in [0.5, 0.6) is 0 Å².